The molecule has 4 nitrogen and oxygen atoms in total. The lowest BCUT2D eigenvalue weighted by molar-refractivity contribution is 0.213. The molecule has 104 valence electrons. The van der Waals surface area contributed by atoms with Crippen LogP contribution in [0.25, 0.3) is 0 Å². The van der Waals surface area contributed by atoms with E-state index in [1.54, 1.807) is 6.07 Å². The van der Waals surface area contributed by atoms with Gasteiger partial charge in [0, 0.05) is 36.9 Å². The van der Waals surface area contributed by atoms with E-state index < -0.39 is 0 Å². The highest BCUT2D eigenvalue weighted by Gasteiger charge is 2.24. The predicted molar refractivity (Wildman–Crippen MR) is 76.3 cm³/mol. The van der Waals surface area contributed by atoms with Crippen molar-refractivity contribution < 1.29 is 4.39 Å². The fourth-order valence-corrected chi connectivity index (χ4v) is 2.61. The third-order valence-electron chi connectivity index (χ3n) is 3.84. The molecule has 0 amide bonds. The van der Waals surface area contributed by atoms with Gasteiger partial charge in [-0.25, -0.2) is 4.39 Å². The van der Waals surface area contributed by atoms with E-state index in [1.807, 2.05) is 0 Å². The molecule has 0 radical (unpaired) electrons. The first-order valence-electron chi connectivity index (χ1n) is 6.62. The second-order valence-corrected chi connectivity index (χ2v) is 5.06. The standard InChI is InChI=1S/C14H21FN4/c1-3-11-9-19(7-6-18(11)2)13-5-4-10(15)8-12(13)14(16)17/h4-5,8,11H,3,6-7,9H2,1-2H3,(H3,16,17). The number of hydrogen-bond acceptors (Lipinski definition) is 3. The third-order valence-corrected chi connectivity index (χ3v) is 3.84. The van der Waals surface area contributed by atoms with E-state index in [2.05, 4.69) is 23.8 Å². The van der Waals surface area contributed by atoms with Crippen molar-refractivity contribution in [2.75, 3.05) is 31.6 Å². The van der Waals surface area contributed by atoms with E-state index in [9.17, 15) is 4.39 Å². The summed E-state index contributed by atoms with van der Waals surface area (Å²) in [7, 11) is 2.13. The molecule has 1 fully saturated rings. The Balaban J connectivity index is 2.29. The number of hydrogen-bond donors (Lipinski definition) is 2. The van der Waals surface area contributed by atoms with Crippen LogP contribution in [0, 0.1) is 11.2 Å². The molecule has 3 N–H and O–H groups in total. The van der Waals surface area contributed by atoms with Crippen molar-refractivity contribution >= 4 is 11.5 Å². The molecule has 1 aliphatic rings. The van der Waals surface area contributed by atoms with Crippen molar-refractivity contribution in [3.05, 3.63) is 29.6 Å². The molecule has 19 heavy (non-hydrogen) atoms. The van der Waals surface area contributed by atoms with Crippen LogP contribution in [-0.2, 0) is 0 Å². The minimum Gasteiger partial charge on any atom is -0.384 e. The molecular weight excluding hydrogens is 243 g/mol. The first kappa shape index (κ1) is 13.8. The number of nitrogens with zero attached hydrogens (tertiary/aromatic N) is 2. The summed E-state index contributed by atoms with van der Waals surface area (Å²) in [4.78, 5) is 4.54. The molecule has 0 saturated carbocycles. The molecule has 1 atom stereocenters. The predicted octanol–water partition coefficient (Wildman–Crippen LogP) is 1.64. The minimum absolute atomic E-state index is 0.0820. The highest BCUT2D eigenvalue weighted by Crippen LogP contribution is 2.24. The van der Waals surface area contributed by atoms with Crippen LogP contribution in [0.2, 0.25) is 0 Å². The van der Waals surface area contributed by atoms with Crippen molar-refractivity contribution in [1.29, 1.82) is 5.41 Å². The number of piperazine rings is 1. The molecular formula is C14H21FN4. The minimum atomic E-state index is -0.352. The fraction of sp³-hybridized carbons (Fsp3) is 0.500. The van der Waals surface area contributed by atoms with Crippen LogP contribution >= 0.6 is 0 Å². The Labute approximate surface area is 113 Å². The van der Waals surface area contributed by atoms with Gasteiger partial charge in [0.1, 0.15) is 11.7 Å². The summed E-state index contributed by atoms with van der Waals surface area (Å²) in [5.41, 5.74) is 6.91. The molecule has 1 aliphatic heterocycles. The highest BCUT2D eigenvalue weighted by molar-refractivity contribution is 6.00. The van der Waals surface area contributed by atoms with Gasteiger partial charge in [0.2, 0.25) is 0 Å². The first-order valence-corrected chi connectivity index (χ1v) is 6.62. The van der Waals surface area contributed by atoms with Gasteiger partial charge in [-0.05, 0) is 31.7 Å². The summed E-state index contributed by atoms with van der Waals surface area (Å²) in [6, 6.07) is 4.99. The quantitative estimate of drug-likeness (QED) is 0.644. The van der Waals surface area contributed by atoms with Crippen LogP contribution in [-0.4, -0.2) is 43.5 Å². The first-order chi connectivity index (χ1) is 9.02. The Morgan fingerprint density at radius 3 is 2.84 bits per heavy atom. The lowest BCUT2D eigenvalue weighted by Gasteiger charge is -2.41. The average molecular weight is 264 g/mol. The SMILES string of the molecule is CCC1CN(c2ccc(F)cc2C(=N)N)CCN1C. The Hall–Kier alpha value is -1.62. The molecule has 1 saturated heterocycles. The van der Waals surface area contributed by atoms with Gasteiger partial charge in [-0.1, -0.05) is 6.92 Å². The van der Waals surface area contributed by atoms with Crippen molar-refractivity contribution in [3.63, 3.8) is 0 Å². The van der Waals surface area contributed by atoms with Gasteiger partial charge in [0.05, 0.1) is 0 Å². The van der Waals surface area contributed by atoms with Crippen LogP contribution in [0.15, 0.2) is 18.2 Å². The lowest BCUT2D eigenvalue weighted by Crippen LogP contribution is -2.51. The number of nitrogen functional groups attached to an aromatic ring is 1. The zero-order valence-electron chi connectivity index (χ0n) is 11.5. The van der Waals surface area contributed by atoms with E-state index in [4.69, 9.17) is 11.1 Å². The molecule has 2 rings (SSSR count). The maximum absolute atomic E-state index is 13.3. The van der Waals surface area contributed by atoms with Crippen LogP contribution in [0.4, 0.5) is 10.1 Å². The third kappa shape index (κ3) is 2.87. The van der Waals surface area contributed by atoms with Gasteiger partial charge in [0.15, 0.2) is 0 Å². The summed E-state index contributed by atoms with van der Waals surface area (Å²) in [5.74, 6) is -0.434. The van der Waals surface area contributed by atoms with Gasteiger partial charge in [-0.2, -0.15) is 0 Å². The van der Waals surface area contributed by atoms with E-state index in [1.165, 1.54) is 12.1 Å². The van der Waals surface area contributed by atoms with Crippen LogP contribution < -0.4 is 10.6 Å². The zero-order valence-corrected chi connectivity index (χ0v) is 11.5. The van der Waals surface area contributed by atoms with Gasteiger partial charge < -0.3 is 10.6 Å². The van der Waals surface area contributed by atoms with Gasteiger partial charge >= 0.3 is 0 Å². The summed E-state index contributed by atoms with van der Waals surface area (Å²) in [5, 5.41) is 7.60. The maximum atomic E-state index is 13.3. The van der Waals surface area contributed by atoms with Gasteiger partial charge in [-0.3, -0.25) is 10.3 Å². The number of anilines is 1. The molecule has 5 heteroatoms. The summed E-state index contributed by atoms with van der Waals surface area (Å²) in [6.45, 7) is 4.90. The number of likely N-dealkylation sites (N-methyl/N-ethyl adjacent to an activating group) is 1. The zero-order chi connectivity index (χ0) is 14.0. The maximum Gasteiger partial charge on any atom is 0.125 e. The topological polar surface area (TPSA) is 56.4 Å². The Bertz CT molecular complexity index is 475. The molecule has 0 aromatic heterocycles. The normalized spacial score (nSPS) is 20.6. The fourth-order valence-electron chi connectivity index (χ4n) is 2.61. The number of rotatable bonds is 3. The lowest BCUT2D eigenvalue weighted by atomic mass is 10.1. The Morgan fingerprint density at radius 2 is 2.21 bits per heavy atom. The average Bonchev–Trinajstić information content (AvgIpc) is 2.39. The number of nitrogens with two attached hydrogens (primary N) is 1. The van der Waals surface area contributed by atoms with Crippen LogP contribution in [0.5, 0.6) is 0 Å². The van der Waals surface area contributed by atoms with E-state index in [-0.39, 0.29) is 11.7 Å². The van der Waals surface area contributed by atoms with Gasteiger partial charge in [0.25, 0.3) is 0 Å². The van der Waals surface area contributed by atoms with E-state index >= 15 is 0 Å². The molecule has 1 heterocycles. The summed E-state index contributed by atoms with van der Waals surface area (Å²) < 4.78 is 13.3. The van der Waals surface area contributed by atoms with Crippen LogP contribution in [0.3, 0.4) is 0 Å². The smallest absolute Gasteiger partial charge is 0.125 e. The summed E-state index contributed by atoms with van der Waals surface area (Å²) in [6.07, 6.45) is 1.07. The molecule has 1 aromatic rings. The second kappa shape index (κ2) is 5.57. The Morgan fingerprint density at radius 1 is 1.47 bits per heavy atom. The largest absolute Gasteiger partial charge is 0.384 e. The van der Waals surface area contributed by atoms with Crippen molar-refractivity contribution in [2.24, 2.45) is 5.73 Å². The number of amidine groups is 1. The van der Waals surface area contributed by atoms with E-state index in [0.717, 1.165) is 31.7 Å². The monoisotopic (exact) mass is 264 g/mol. The van der Waals surface area contributed by atoms with Crippen molar-refractivity contribution in [1.82, 2.24) is 4.90 Å². The molecule has 0 spiro atoms. The van der Waals surface area contributed by atoms with Crippen LogP contribution in [0.1, 0.15) is 18.9 Å². The molecule has 0 aliphatic carbocycles. The molecule has 0 bridgehead atoms. The molecule has 1 unspecified atom stereocenters. The van der Waals surface area contributed by atoms with Gasteiger partial charge in [-0.15, -0.1) is 0 Å². The number of nitrogens with one attached hydrogen (secondary N) is 1. The highest BCUT2D eigenvalue weighted by atomic mass is 19.1. The number of benzene rings is 1. The van der Waals surface area contributed by atoms with E-state index in [0.29, 0.717) is 11.6 Å². The van der Waals surface area contributed by atoms with Crippen molar-refractivity contribution in [2.45, 2.75) is 19.4 Å². The second-order valence-electron chi connectivity index (χ2n) is 5.06. The Kier molecular flexibility index (Phi) is 4.04. The molecule has 1 aromatic carbocycles. The number of halogens is 1. The van der Waals surface area contributed by atoms with Crippen molar-refractivity contribution in [3.8, 4) is 0 Å². The summed E-state index contributed by atoms with van der Waals surface area (Å²) >= 11 is 0.